The van der Waals surface area contributed by atoms with Gasteiger partial charge in [0.2, 0.25) is 5.91 Å². The molecule has 26 heavy (non-hydrogen) atoms. The van der Waals surface area contributed by atoms with Gasteiger partial charge in [0.25, 0.3) is 0 Å². The Labute approximate surface area is 154 Å². The van der Waals surface area contributed by atoms with Gasteiger partial charge in [-0.25, -0.2) is 0 Å². The fourth-order valence-electron chi connectivity index (χ4n) is 5.03. The van der Waals surface area contributed by atoms with Crippen molar-refractivity contribution in [2.24, 2.45) is 0 Å². The SMILES string of the molecule is O=C(N1CCC(c2nnc3n2CCC3)CC1)C1(c2ccccc2)CCC1. The molecule has 3 heterocycles. The van der Waals surface area contributed by atoms with Crippen LogP contribution in [0, 0.1) is 0 Å². The number of carbonyl (C=O) groups is 1. The third-order valence-corrected chi connectivity index (χ3v) is 6.73. The van der Waals surface area contributed by atoms with E-state index in [-0.39, 0.29) is 5.41 Å². The van der Waals surface area contributed by atoms with Crippen LogP contribution in [0.4, 0.5) is 0 Å². The maximum atomic E-state index is 13.4. The highest BCUT2D eigenvalue weighted by Gasteiger charge is 2.48. The topological polar surface area (TPSA) is 51.0 Å². The van der Waals surface area contributed by atoms with Gasteiger partial charge in [-0.05, 0) is 37.7 Å². The maximum Gasteiger partial charge on any atom is 0.233 e. The van der Waals surface area contributed by atoms with Gasteiger partial charge in [0.15, 0.2) is 0 Å². The van der Waals surface area contributed by atoms with Gasteiger partial charge in [0.05, 0.1) is 5.41 Å². The second-order valence-corrected chi connectivity index (χ2v) is 8.10. The van der Waals surface area contributed by atoms with Crippen LogP contribution in [0.15, 0.2) is 30.3 Å². The highest BCUT2D eigenvalue weighted by Crippen LogP contribution is 2.46. The Morgan fingerprint density at radius 2 is 1.77 bits per heavy atom. The first kappa shape index (κ1) is 16.0. The van der Waals surface area contributed by atoms with Gasteiger partial charge in [-0.1, -0.05) is 36.8 Å². The number of piperidine rings is 1. The van der Waals surface area contributed by atoms with Gasteiger partial charge >= 0.3 is 0 Å². The fraction of sp³-hybridized carbons (Fsp3) is 0.571. The molecule has 2 aromatic rings. The molecular formula is C21H26N4O. The smallest absolute Gasteiger partial charge is 0.233 e. The summed E-state index contributed by atoms with van der Waals surface area (Å²) in [7, 11) is 0. The minimum Gasteiger partial charge on any atom is -0.342 e. The van der Waals surface area contributed by atoms with Crippen LogP contribution in [-0.2, 0) is 23.2 Å². The summed E-state index contributed by atoms with van der Waals surface area (Å²) in [5, 5.41) is 8.82. The summed E-state index contributed by atoms with van der Waals surface area (Å²) in [4.78, 5) is 15.5. The molecule has 3 aliphatic rings. The van der Waals surface area contributed by atoms with Crippen LogP contribution in [0.3, 0.4) is 0 Å². The number of nitrogens with zero attached hydrogens (tertiary/aromatic N) is 4. The number of hydrogen-bond donors (Lipinski definition) is 0. The number of carbonyl (C=O) groups excluding carboxylic acids is 1. The number of hydrogen-bond acceptors (Lipinski definition) is 3. The quantitative estimate of drug-likeness (QED) is 0.855. The van der Waals surface area contributed by atoms with Crippen LogP contribution in [0.5, 0.6) is 0 Å². The van der Waals surface area contributed by atoms with Gasteiger partial charge in [-0.2, -0.15) is 0 Å². The van der Waals surface area contributed by atoms with Crippen molar-refractivity contribution in [2.75, 3.05) is 13.1 Å². The minimum absolute atomic E-state index is 0.260. The molecule has 2 fully saturated rings. The molecule has 1 saturated carbocycles. The Hall–Kier alpha value is -2.17. The van der Waals surface area contributed by atoms with E-state index in [1.165, 1.54) is 12.0 Å². The van der Waals surface area contributed by atoms with Crippen molar-refractivity contribution in [3.63, 3.8) is 0 Å². The van der Waals surface area contributed by atoms with Crippen molar-refractivity contribution in [1.82, 2.24) is 19.7 Å². The van der Waals surface area contributed by atoms with Crippen LogP contribution < -0.4 is 0 Å². The van der Waals surface area contributed by atoms with Gasteiger partial charge in [-0.3, -0.25) is 4.79 Å². The number of benzene rings is 1. The molecule has 0 N–H and O–H groups in total. The highest BCUT2D eigenvalue weighted by molar-refractivity contribution is 5.89. The molecule has 5 heteroatoms. The van der Waals surface area contributed by atoms with E-state index in [1.807, 2.05) is 6.07 Å². The first-order valence-electron chi connectivity index (χ1n) is 10.0. The minimum atomic E-state index is -0.260. The second kappa shape index (κ2) is 6.22. The average Bonchev–Trinajstić information content (AvgIpc) is 3.25. The number of amides is 1. The molecule has 1 aromatic heterocycles. The van der Waals surface area contributed by atoms with E-state index in [9.17, 15) is 4.79 Å². The lowest BCUT2D eigenvalue weighted by atomic mass is 9.63. The van der Waals surface area contributed by atoms with E-state index in [2.05, 4.69) is 43.9 Å². The molecule has 5 rings (SSSR count). The van der Waals surface area contributed by atoms with Crippen molar-refractivity contribution in [3.8, 4) is 0 Å². The molecule has 1 aromatic carbocycles. The third kappa shape index (κ3) is 2.40. The Bertz CT molecular complexity index is 801. The van der Waals surface area contributed by atoms with Gasteiger partial charge < -0.3 is 9.47 Å². The molecule has 0 spiro atoms. The fourth-order valence-corrected chi connectivity index (χ4v) is 5.03. The van der Waals surface area contributed by atoms with E-state index >= 15 is 0 Å². The van der Waals surface area contributed by atoms with E-state index in [1.54, 1.807) is 0 Å². The van der Waals surface area contributed by atoms with Crippen LogP contribution in [0.2, 0.25) is 0 Å². The van der Waals surface area contributed by atoms with E-state index < -0.39 is 0 Å². The lowest BCUT2D eigenvalue weighted by molar-refractivity contribution is -0.142. The number of fused-ring (bicyclic) bond motifs is 1. The third-order valence-electron chi connectivity index (χ3n) is 6.73. The monoisotopic (exact) mass is 350 g/mol. The molecule has 2 aliphatic heterocycles. The second-order valence-electron chi connectivity index (χ2n) is 8.10. The summed E-state index contributed by atoms with van der Waals surface area (Å²) in [6, 6.07) is 10.4. The average molecular weight is 350 g/mol. The lowest BCUT2D eigenvalue weighted by Gasteiger charge is -2.45. The molecule has 0 unspecified atom stereocenters. The van der Waals surface area contributed by atoms with Crippen molar-refractivity contribution < 1.29 is 4.79 Å². The summed E-state index contributed by atoms with van der Waals surface area (Å²) in [5.74, 6) is 3.11. The van der Waals surface area contributed by atoms with Crippen LogP contribution in [-0.4, -0.2) is 38.7 Å². The van der Waals surface area contributed by atoms with Crippen LogP contribution in [0.25, 0.3) is 0 Å². The summed E-state index contributed by atoms with van der Waals surface area (Å²) >= 11 is 0. The molecule has 1 amide bonds. The highest BCUT2D eigenvalue weighted by atomic mass is 16.2. The molecule has 0 bridgehead atoms. The summed E-state index contributed by atoms with van der Waals surface area (Å²) < 4.78 is 2.32. The first-order valence-corrected chi connectivity index (χ1v) is 10.0. The number of likely N-dealkylation sites (tertiary alicyclic amines) is 1. The normalized spacial score (nSPS) is 22.1. The largest absolute Gasteiger partial charge is 0.342 e. The summed E-state index contributed by atoms with van der Waals surface area (Å²) in [6.07, 6.45) is 7.41. The summed E-state index contributed by atoms with van der Waals surface area (Å²) in [5.41, 5.74) is 0.943. The molecule has 0 atom stereocenters. The Kier molecular flexibility index (Phi) is 3.84. The zero-order valence-corrected chi connectivity index (χ0v) is 15.2. The number of rotatable bonds is 3. The zero-order valence-electron chi connectivity index (χ0n) is 15.2. The van der Waals surface area contributed by atoms with Crippen molar-refractivity contribution in [3.05, 3.63) is 47.5 Å². The molecule has 1 aliphatic carbocycles. The summed E-state index contributed by atoms with van der Waals surface area (Å²) in [6.45, 7) is 2.76. The van der Waals surface area contributed by atoms with E-state index in [4.69, 9.17) is 0 Å². The Morgan fingerprint density at radius 3 is 2.46 bits per heavy atom. The lowest BCUT2D eigenvalue weighted by Crippen LogP contribution is -2.53. The standard InChI is InChI=1S/C21H26N4O/c26-20(21(11-5-12-21)17-6-2-1-3-7-17)24-14-9-16(10-15-24)19-23-22-18-8-4-13-25(18)19/h1-3,6-7,16H,4-5,8-15H2. The Balaban J connectivity index is 1.30. The molecule has 5 nitrogen and oxygen atoms in total. The zero-order chi connectivity index (χ0) is 17.6. The molecule has 0 radical (unpaired) electrons. The van der Waals surface area contributed by atoms with Gasteiger partial charge in [0.1, 0.15) is 11.6 Å². The van der Waals surface area contributed by atoms with E-state index in [0.29, 0.717) is 11.8 Å². The van der Waals surface area contributed by atoms with Crippen LogP contribution in [0.1, 0.15) is 61.7 Å². The Morgan fingerprint density at radius 1 is 1.00 bits per heavy atom. The molecule has 1 saturated heterocycles. The van der Waals surface area contributed by atoms with Crippen LogP contribution >= 0.6 is 0 Å². The van der Waals surface area contributed by atoms with Crippen molar-refractivity contribution in [2.45, 2.75) is 62.8 Å². The number of aryl methyl sites for hydroxylation is 1. The maximum absolute atomic E-state index is 13.4. The van der Waals surface area contributed by atoms with Gasteiger partial charge in [-0.15, -0.1) is 10.2 Å². The van der Waals surface area contributed by atoms with Crippen molar-refractivity contribution >= 4 is 5.91 Å². The molecule has 136 valence electrons. The van der Waals surface area contributed by atoms with Crippen molar-refractivity contribution in [1.29, 1.82) is 0 Å². The predicted molar refractivity (Wildman–Crippen MR) is 98.9 cm³/mol. The first-order chi connectivity index (χ1) is 12.8. The predicted octanol–water partition coefficient (Wildman–Crippen LogP) is 3.05. The van der Waals surface area contributed by atoms with Gasteiger partial charge in [0, 0.05) is 32.0 Å². The molecular weight excluding hydrogens is 324 g/mol. The number of aromatic nitrogens is 3. The van der Waals surface area contributed by atoms with E-state index in [0.717, 1.165) is 69.8 Å².